The van der Waals surface area contributed by atoms with Crippen molar-refractivity contribution in [2.45, 2.75) is 13.2 Å². The van der Waals surface area contributed by atoms with Crippen LogP contribution in [-0.2, 0) is 13.2 Å². The Morgan fingerprint density at radius 3 is 3.00 bits per heavy atom. The van der Waals surface area contributed by atoms with Crippen LogP contribution in [0, 0.1) is 0 Å². The van der Waals surface area contributed by atoms with Gasteiger partial charge in [-0.15, -0.1) is 0 Å². The van der Waals surface area contributed by atoms with Gasteiger partial charge in [-0.3, -0.25) is 4.68 Å². The summed E-state index contributed by atoms with van der Waals surface area (Å²) in [5.74, 6) is 0.161. The van der Waals surface area contributed by atoms with Crippen LogP contribution >= 0.6 is 0 Å². The number of aromatic nitrogens is 3. The second kappa shape index (κ2) is 3.26. The molecule has 4 nitrogen and oxygen atoms in total. The van der Waals surface area contributed by atoms with Crippen LogP contribution in [0.25, 0.3) is 0 Å². The van der Waals surface area contributed by atoms with E-state index in [0.29, 0.717) is 6.54 Å². The second-order valence-corrected chi connectivity index (χ2v) is 1.78. The third kappa shape index (κ3) is 1.51. The lowest BCUT2D eigenvalue weighted by molar-refractivity contribution is 0.268. The van der Waals surface area contributed by atoms with Crippen molar-refractivity contribution in [3.63, 3.8) is 0 Å². The molecule has 0 aliphatic rings. The molecule has 10 heavy (non-hydrogen) atoms. The summed E-state index contributed by atoms with van der Waals surface area (Å²) < 4.78 is 13.2. The van der Waals surface area contributed by atoms with Crippen molar-refractivity contribution >= 4 is 0 Å². The molecule has 1 N–H and O–H groups in total. The topological polar surface area (TPSA) is 50.9 Å². The maximum absolute atomic E-state index is 11.8. The SMILES string of the molecule is OCCn1cnc(CF)n1. The predicted molar refractivity (Wildman–Crippen MR) is 31.9 cm³/mol. The molecule has 0 fully saturated rings. The molecule has 1 aromatic rings. The van der Waals surface area contributed by atoms with Gasteiger partial charge in [0.25, 0.3) is 0 Å². The van der Waals surface area contributed by atoms with Gasteiger partial charge >= 0.3 is 0 Å². The van der Waals surface area contributed by atoms with E-state index in [4.69, 9.17) is 5.11 Å². The van der Waals surface area contributed by atoms with Gasteiger partial charge in [0.2, 0.25) is 0 Å². The van der Waals surface area contributed by atoms with E-state index in [0.717, 1.165) is 0 Å². The average Bonchev–Trinajstić information content (AvgIpc) is 2.37. The second-order valence-electron chi connectivity index (χ2n) is 1.78. The number of nitrogens with zero attached hydrogens (tertiary/aromatic N) is 3. The van der Waals surface area contributed by atoms with Crippen LogP contribution in [-0.4, -0.2) is 26.5 Å². The van der Waals surface area contributed by atoms with E-state index in [1.54, 1.807) is 0 Å². The van der Waals surface area contributed by atoms with Crippen LogP contribution < -0.4 is 0 Å². The lowest BCUT2D eigenvalue weighted by Crippen LogP contribution is -2.02. The van der Waals surface area contributed by atoms with E-state index in [1.165, 1.54) is 11.0 Å². The molecular weight excluding hydrogens is 137 g/mol. The first-order valence-electron chi connectivity index (χ1n) is 2.92. The summed E-state index contributed by atoms with van der Waals surface area (Å²) in [6.07, 6.45) is 1.39. The zero-order chi connectivity index (χ0) is 7.40. The third-order valence-corrected chi connectivity index (χ3v) is 1.03. The molecule has 0 bridgehead atoms. The predicted octanol–water partition coefficient (Wildman–Crippen LogP) is -0.260. The molecule has 1 rings (SSSR count). The van der Waals surface area contributed by atoms with Crippen molar-refractivity contribution < 1.29 is 9.50 Å². The van der Waals surface area contributed by atoms with Gasteiger partial charge in [-0.1, -0.05) is 0 Å². The van der Waals surface area contributed by atoms with Gasteiger partial charge in [0, 0.05) is 0 Å². The fraction of sp³-hybridized carbons (Fsp3) is 0.600. The minimum Gasteiger partial charge on any atom is -0.394 e. The molecule has 1 heterocycles. The number of rotatable bonds is 3. The fourth-order valence-electron chi connectivity index (χ4n) is 0.605. The first-order valence-corrected chi connectivity index (χ1v) is 2.92. The van der Waals surface area contributed by atoms with Gasteiger partial charge in [0.05, 0.1) is 13.2 Å². The van der Waals surface area contributed by atoms with Gasteiger partial charge in [0.15, 0.2) is 12.5 Å². The maximum atomic E-state index is 11.8. The molecule has 0 aliphatic carbocycles. The minimum absolute atomic E-state index is 0.00488. The zero-order valence-corrected chi connectivity index (χ0v) is 5.37. The molecule has 1 aromatic heterocycles. The van der Waals surface area contributed by atoms with E-state index in [9.17, 15) is 4.39 Å². The smallest absolute Gasteiger partial charge is 0.181 e. The minimum atomic E-state index is -0.654. The molecule has 0 atom stereocenters. The van der Waals surface area contributed by atoms with Crippen molar-refractivity contribution in [3.05, 3.63) is 12.2 Å². The Labute approximate surface area is 57.3 Å². The van der Waals surface area contributed by atoms with E-state index in [1.807, 2.05) is 0 Å². The average molecular weight is 145 g/mol. The lowest BCUT2D eigenvalue weighted by atomic mass is 10.7. The Morgan fingerprint density at radius 2 is 2.50 bits per heavy atom. The highest BCUT2D eigenvalue weighted by atomic mass is 19.1. The van der Waals surface area contributed by atoms with Crippen molar-refractivity contribution in [2.75, 3.05) is 6.61 Å². The van der Waals surface area contributed by atoms with Crippen molar-refractivity contribution in [2.24, 2.45) is 0 Å². The maximum Gasteiger partial charge on any atom is 0.181 e. The largest absolute Gasteiger partial charge is 0.394 e. The highest BCUT2D eigenvalue weighted by molar-refractivity contribution is 4.77. The number of alkyl halides is 1. The fourth-order valence-corrected chi connectivity index (χ4v) is 0.605. The molecule has 5 heteroatoms. The molecule has 0 unspecified atom stereocenters. The van der Waals surface area contributed by atoms with Crippen molar-refractivity contribution in [1.29, 1.82) is 0 Å². The molecule has 0 aliphatic heterocycles. The molecular formula is C5H8FN3O. The van der Waals surface area contributed by atoms with Crippen LogP contribution in [0.4, 0.5) is 4.39 Å². The monoisotopic (exact) mass is 145 g/mol. The van der Waals surface area contributed by atoms with Gasteiger partial charge in [-0.2, -0.15) is 5.10 Å². The van der Waals surface area contributed by atoms with E-state index in [-0.39, 0.29) is 12.4 Å². The van der Waals surface area contributed by atoms with Gasteiger partial charge in [0.1, 0.15) is 6.33 Å². The summed E-state index contributed by atoms with van der Waals surface area (Å²) in [6, 6.07) is 0. The normalized spacial score (nSPS) is 10.2. The zero-order valence-electron chi connectivity index (χ0n) is 5.37. The van der Waals surface area contributed by atoms with E-state index >= 15 is 0 Å². The molecule has 0 saturated heterocycles. The Balaban J connectivity index is 2.59. The number of halogens is 1. The summed E-state index contributed by atoms with van der Waals surface area (Å²) in [5, 5.41) is 12.1. The Bertz CT molecular complexity index is 201. The standard InChI is InChI=1S/C5H8FN3O/c6-3-5-7-4-9(8-5)1-2-10/h4,10H,1-3H2. The van der Waals surface area contributed by atoms with Crippen LogP contribution in [0.3, 0.4) is 0 Å². The number of hydrogen-bond acceptors (Lipinski definition) is 3. The highest BCUT2D eigenvalue weighted by Crippen LogP contribution is 1.90. The lowest BCUT2D eigenvalue weighted by Gasteiger charge is -1.91. The molecule has 56 valence electrons. The summed E-state index contributed by atoms with van der Waals surface area (Å²) in [5.41, 5.74) is 0. The van der Waals surface area contributed by atoms with Crippen LogP contribution in [0.5, 0.6) is 0 Å². The Hall–Kier alpha value is -0.970. The summed E-state index contributed by atoms with van der Waals surface area (Å²) in [4.78, 5) is 3.62. The van der Waals surface area contributed by atoms with E-state index < -0.39 is 6.67 Å². The Morgan fingerprint density at radius 1 is 1.70 bits per heavy atom. The van der Waals surface area contributed by atoms with Crippen LogP contribution in [0.15, 0.2) is 6.33 Å². The summed E-state index contributed by atoms with van der Waals surface area (Å²) in [7, 11) is 0. The van der Waals surface area contributed by atoms with Crippen LogP contribution in [0.2, 0.25) is 0 Å². The van der Waals surface area contributed by atoms with Gasteiger partial charge < -0.3 is 5.11 Å². The molecule has 0 saturated carbocycles. The van der Waals surface area contributed by atoms with E-state index in [2.05, 4.69) is 10.1 Å². The molecule has 0 aromatic carbocycles. The van der Waals surface area contributed by atoms with Gasteiger partial charge in [-0.25, -0.2) is 9.37 Å². The highest BCUT2D eigenvalue weighted by Gasteiger charge is 1.97. The summed E-state index contributed by atoms with van der Waals surface area (Å²) in [6.45, 7) is -0.291. The molecule has 0 radical (unpaired) electrons. The molecule has 0 amide bonds. The third-order valence-electron chi connectivity index (χ3n) is 1.03. The quantitative estimate of drug-likeness (QED) is 0.637. The van der Waals surface area contributed by atoms with Crippen molar-refractivity contribution in [3.8, 4) is 0 Å². The number of aliphatic hydroxyl groups is 1. The van der Waals surface area contributed by atoms with Crippen molar-refractivity contribution in [1.82, 2.24) is 14.8 Å². The first-order chi connectivity index (χ1) is 4.86. The first kappa shape index (κ1) is 7.14. The summed E-state index contributed by atoms with van der Waals surface area (Å²) >= 11 is 0. The van der Waals surface area contributed by atoms with Crippen LogP contribution in [0.1, 0.15) is 5.82 Å². The number of hydrogen-bond donors (Lipinski definition) is 1. The Kier molecular flexibility index (Phi) is 2.33. The number of aliphatic hydroxyl groups excluding tert-OH is 1. The van der Waals surface area contributed by atoms with Gasteiger partial charge in [-0.05, 0) is 0 Å². The molecule has 0 spiro atoms.